The summed E-state index contributed by atoms with van der Waals surface area (Å²) >= 11 is 0. The van der Waals surface area contributed by atoms with E-state index in [2.05, 4.69) is 5.32 Å². The molecule has 7 heteroatoms. The summed E-state index contributed by atoms with van der Waals surface area (Å²) in [6.07, 6.45) is 3.24. The van der Waals surface area contributed by atoms with E-state index < -0.39 is 10.0 Å². The summed E-state index contributed by atoms with van der Waals surface area (Å²) in [6.45, 7) is 2.26. The Balaban J connectivity index is 1.57. The largest absolute Gasteiger partial charge is 0.454 e. The van der Waals surface area contributed by atoms with Gasteiger partial charge in [-0.1, -0.05) is 0 Å². The molecule has 1 saturated heterocycles. The maximum Gasteiger partial charge on any atom is 0.231 e. The Hall–Kier alpha value is -1.47. The summed E-state index contributed by atoms with van der Waals surface area (Å²) in [5, 5.41) is 3.36. The highest BCUT2D eigenvalue weighted by atomic mass is 32.2. The molecule has 1 N–H and O–H groups in total. The van der Waals surface area contributed by atoms with Crippen LogP contribution in [0.15, 0.2) is 18.2 Å². The normalized spacial score (nSPS) is 22.2. The van der Waals surface area contributed by atoms with Crippen LogP contribution < -0.4 is 14.8 Å². The van der Waals surface area contributed by atoms with Gasteiger partial charge in [-0.05, 0) is 30.9 Å². The van der Waals surface area contributed by atoms with Crippen LogP contribution >= 0.6 is 0 Å². The molecule has 3 rings (SSSR count). The molecule has 0 aliphatic carbocycles. The van der Waals surface area contributed by atoms with E-state index in [-0.39, 0.29) is 6.79 Å². The zero-order valence-corrected chi connectivity index (χ0v) is 12.9. The van der Waals surface area contributed by atoms with Gasteiger partial charge in [0.25, 0.3) is 0 Å². The Morgan fingerprint density at radius 2 is 2.14 bits per heavy atom. The van der Waals surface area contributed by atoms with E-state index in [1.807, 2.05) is 18.2 Å². The third kappa shape index (κ3) is 3.41. The van der Waals surface area contributed by atoms with Gasteiger partial charge in [-0.3, -0.25) is 0 Å². The molecule has 0 spiro atoms. The van der Waals surface area contributed by atoms with Crippen LogP contribution in [-0.2, 0) is 10.0 Å². The first kappa shape index (κ1) is 14.5. The highest BCUT2D eigenvalue weighted by molar-refractivity contribution is 7.88. The molecular formula is C14H20N2O4S. The van der Waals surface area contributed by atoms with Crippen molar-refractivity contribution < 1.29 is 17.9 Å². The van der Waals surface area contributed by atoms with Gasteiger partial charge in [-0.2, -0.15) is 0 Å². The van der Waals surface area contributed by atoms with Gasteiger partial charge in [-0.15, -0.1) is 0 Å². The molecule has 1 fully saturated rings. The molecule has 2 aliphatic rings. The molecule has 0 radical (unpaired) electrons. The monoisotopic (exact) mass is 312 g/mol. The van der Waals surface area contributed by atoms with Gasteiger partial charge >= 0.3 is 0 Å². The van der Waals surface area contributed by atoms with E-state index in [1.165, 1.54) is 6.26 Å². The number of fused-ring (bicyclic) bond motifs is 1. The fourth-order valence-corrected chi connectivity index (χ4v) is 3.71. The number of hydrogen-bond acceptors (Lipinski definition) is 5. The predicted octanol–water partition coefficient (Wildman–Crippen LogP) is 1.50. The van der Waals surface area contributed by atoms with E-state index in [1.54, 1.807) is 4.31 Å². The Morgan fingerprint density at radius 3 is 2.95 bits per heavy atom. The minimum Gasteiger partial charge on any atom is -0.454 e. The molecule has 1 unspecified atom stereocenters. The fraction of sp³-hybridized carbons (Fsp3) is 0.571. The summed E-state index contributed by atoms with van der Waals surface area (Å²) in [6, 6.07) is 5.75. The van der Waals surface area contributed by atoms with E-state index in [4.69, 9.17) is 9.47 Å². The van der Waals surface area contributed by atoms with Crippen molar-refractivity contribution in [1.29, 1.82) is 0 Å². The standard InChI is InChI=1S/C14H20N2O4S/c1-21(17,18)16-6-2-3-11(9-16)8-15-12-4-5-13-14(7-12)20-10-19-13/h4-5,7,11,15H,2-3,6,8-10H2,1H3. The van der Waals surface area contributed by atoms with E-state index >= 15 is 0 Å². The zero-order chi connectivity index (χ0) is 14.9. The number of hydrogen-bond donors (Lipinski definition) is 1. The molecule has 6 nitrogen and oxygen atoms in total. The lowest BCUT2D eigenvalue weighted by molar-refractivity contribution is 0.174. The van der Waals surface area contributed by atoms with Crippen molar-refractivity contribution in [2.45, 2.75) is 12.8 Å². The van der Waals surface area contributed by atoms with Crippen LogP contribution in [-0.4, -0.2) is 45.4 Å². The molecular weight excluding hydrogens is 292 g/mol. The second-order valence-electron chi connectivity index (χ2n) is 5.58. The number of sulfonamides is 1. The fourth-order valence-electron chi connectivity index (χ4n) is 2.76. The Morgan fingerprint density at radius 1 is 1.33 bits per heavy atom. The number of rotatable bonds is 4. The minimum absolute atomic E-state index is 0.269. The van der Waals surface area contributed by atoms with Crippen LogP contribution in [0.3, 0.4) is 0 Å². The van der Waals surface area contributed by atoms with Crippen molar-refractivity contribution in [2.24, 2.45) is 5.92 Å². The highest BCUT2D eigenvalue weighted by Crippen LogP contribution is 2.34. The van der Waals surface area contributed by atoms with Gasteiger partial charge in [0.15, 0.2) is 11.5 Å². The molecule has 0 bridgehead atoms. The summed E-state index contributed by atoms with van der Waals surface area (Å²) in [7, 11) is -3.08. The van der Waals surface area contributed by atoms with E-state index in [0.29, 0.717) is 19.0 Å². The van der Waals surface area contributed by atoms with Crippen molar-refractivity contribution in [3.8, 4) is 11.5 Å². The SMILES string of the molecule is CS(=O)(=O)N1CCCC(CNc2ccc3c(c2)OCO3)C1. The average molecular weight is 312 g/mol. The highest BCUT2D eigenvalue weighted by Gasteiger charge is 2.25. The molecule has 0 saturated carbocycles. The van der Waals surface area contributed by atoms with Crippen molar-refractivity contribution in [2.75, 3.05) is 38.0 Å². The van der Waals surface area contributed by atoms with E-state index in [9.17, 15) is 8.42 Å². The quantitative estimate of drug-likeness (QED) is 0.912. The molecule has 0 amide bonds. The average Bonchev–Trinajstić information content (AvgIpc) is 2.92. The lowest BCUT2D eigenvalue weighted by atomic mass is 9.99. The first-order chi connectivity index (χ1) is 10.0. The number of piperidine rings is 1. The molecule has 1 aromatic carbocycles. The number of nitrogens with zero attached hydrogens (tertiary/aromatic N) is 1. The Kier molecular flexibility index (Phi) is 3.95. The topological polar surface area (TPSA) is 67.9 Å². The van der Waals surface area contributed by atoms with Crippen LogP contribution in [0.25, 0.3) is 0 Å². The molecule has 2 aliphatic heterocycles. The van der Waals surface area contributed by atoms with Crippen LogP contribution in [0.5, 0.6) is 11.5 Å². The van der Waals surface area contributed by atoms with Gasteiger partial charge in [0, 0.05) is 31.4 Å². The number of nitrogens with one attached hydrogen (secondary N) is 1. The first-order valence-corrected chi connectivity index (χ1v) is 8.96. The molecule has 1 aromatic rings. The second kappa shape index (κ2) is 5.73. The lowest BCUT2D eigenvalue weighted by Crippen LogP contribution is -2.41. The van der Waals surface area contributed by atoms with E-state index in [0.717, 1.165) is 36.6 Å². The van der Waals surface area contributed by atoms with Crippen molar-refractivity contribution in [1.82, 2.24) is 4.31 Å². The van der Waals surface area contributed by atoms with Crippen LogP contribution in [0.2, 0.25) is 0 Å². The summed E-state index contributed by atoms with van der Waals surface area (Å²) in [5.41, 5.74) is 0.968. The summed E-state index contributed by atoms with van der Waals surface area (Å²) in [4.78, 5) is 0. The minimum atomic E-state index is -3.08. The maximum absolute atomic E-state index is 11.6. The summed E-state index contributed by atoms with van der Waals surface area (Å²) in [5.74, 6) is 1.85. The van der Waals surface area contributed by atoms with Crippen molar-refractivity contribution in [3.05, 3.63) is 18.2 Å². The molecule has 116 valence electrons. The number of ether oxygens (including phenoxy) is 2. The third-order valence-electron chi connectivity index (χ3n) is 3.92. The van der Waals surface area contributed by atoms with Gasteiger partial charge < -0.3 is 14.8 Å². The molecule has 2 heterocycles. The number of benzene rings is 1. The predicted molar refractivity (Wildman–Crippen MR) is 80.2 cm³/mol. The maximum atomic E-state index is 11.6. The Bertz CT molecular complexity index is 617. The number of anilines is 1. The van der Waals surface area contributed by atoms with Crippen LogP contribution in [0.1, 0.15) is 12.8 Å². The molecule has 1 atom stereocenters. The van der Waals surface area contributed by atoms with Crippen LogP contribution in [0, 0.1) is 5.92 Å². The Labute approximate surface area is 125 Å². The third-order valence-corrected chi connectivity index (χ3v) is 5.19. The molecule has 21 heavy (non-hydrogen) atoms. The summed E-state index contributed by atoms with van der Waals surface area (Å²) < 4.78 is 35.4. The molecule has 0 aromatic heterocycles. The van der Waals surface area contributed by atoms with Crippen molar-refractivity contribution in [3.63, 3.8) is 0 Å². The smallest absolute Gasteiger partial charge is 0.231 e. The van der Waals surface area contributed by atoms with Gasteiger partial charge in [0.1, 0.15) is 0 Å². The van der Waals surface area contributed by atoms with Gasteiger partial charge in [-0.25, -0.2) is 12.7 Å². The van der Waals surface area contributed by atoms with Crippen LogP contribution in [0.4, 0.5) is 5.69 Å². The first-order valence-electron chi connectivity index (χ1n) is 7.11. The van der Waals surface area contributed by atoms with Crippen molar-refractivity contribution >= 4 is 15.7 Å². The zero-order valence-electron chi connectivity index (χ0n) is 12.0. The van der Waals surface area contributed by atoms with Gasteiger partial charge in [0.05, 0.1) is 6.26 Å². The second-order valence-corrected chi connectivity index (χ2v) is 7.56. The van der Waals surface area contributed by atoms with Gasteiger partial charge in [0.2, 0.25) is 16.8 Å². The lowest BCUT2D eigenvalue weighted by Gasteiger charge is -2.31.